The van der Waals surface area contributed by atoms with Crippen molar-refractivity contribution in [3.05, 3.63) is 118 Å². The predicted molar refractivity (Wildman–Crippen MR) is 168 cm³/mol. The highest BCUT2D eigenvalue weighted by Gasteiger charge is 2.45. The second-order valence-electron chi connectivity index (χ2n) is 10.4. The number of rotatable bonds is 14. The van der Waals surface area contributed by atoms with Gasteiger partial charge in [0.05, 0.1) is 31.1 Å². The first kappa shape index (κ1) is 31.1. The van der Waals surface area contributed by atoms with E-state index in [4.69, 9.17) is 47.3 Å². The Bertz CT molecular complexity index is 1470. The quantitative estimate of drug-likeness (QED) is 0.183. The van der Waals surface area contributed by atoms with Crippen LogP contribution < -0.4 is 9.47 Å². The second-order valence-corrected chi connectivity index (χ2v) is 11.2. The summed E-state index contributed by atoms with van der Waals surface area (Å²) in [5, 5.41) is 9.89. The molecule has 0 spiro atoms. The van der Waals surface area contributed by atoms with E-state index in [0.717, 1.165) is 30.2 Å². The van der Waals surface area contributed by atoms with Crippen molar-refractivity contribution in [2.75, 3.05) is 40.0 Å². The smallest absolute Gasteiger partial charge is 0.215 e. The fraction of sp³-hybridized carbons (Fsp3) is 0.303. The van der Waals surface area contributed by atoms with E-state index in [0.29, 0.717) is 42.0 Å². The maximum absolute atomic E-state index is 8.87. The number of benzene rings is 3. The van der Waals surface area contributed by atoms with Crippen LogP contribution in [0.3, 0.4) is 0 Å². The van der Waals surface area contributed by atoms with Crippen molar-refractivity contribution < 1.29 is 24.1 Å². The number of aliphatic hydroxyl groups is 1. The summed E-state index contributed by atoms with van der Waals surface area (Å²) in [4.78, 5) is 6.37. The molecule has 1 saturated heterocycles. The molecule has 0 amide bonds. The average molecular weight is 625 g/mol. The Morgan fingerprint density at radius 2 is 1.84 bits per heavy atom. The summed E-state index contributed by atoms with van der Waals surface area (Å²) in [6.07, 6.45) is 9.21. The van der Waals surface area contributed by atoms with E-state index in [1.165, 1.54) is 5.56 Å². The first-order valence-electron chi connectivity index (χ1n) is 14.1. The third-order valence-electron chi connectivity index (χ3n) is 6.93. The van der Waals surface area contributed by atoms with E-state index < -0.39 is 5.79 Å². The lowest BCUT2D eigenvalue weighted by atomic mass is 10.1. The third kappa shape index (κ3) is 8.60. The molecule has 226 valence electrons. The second kappa shape index (κ2) is 14.9. The Balaban J connectivity index is 1.11. The van der Waals surface area contributed by atoms with Crippen LogP contribution >= 0.6 is 23.2 Å². The lowest BCUT2D eigenvalue weighted by Crippen LogP contribution is -2.34. The van der Waals surface area contributed by atoms with Gasteiger partial charge in [0.2, 0.25) is 5.79 Å². The molecule has 43 heavy (non-hydrogen) atoms. The third-order valence-corrected chi connectivity index (χ3v) is 7.48. The van der Waals surface area contributed by atoms with Gasteiger partial charge >= 0.3 is 0 Å². The minimum absolute atomic E-state index is 0.00510. The van der Waals surface area contributed by atoms with Gasteiger partial charge in [0.25, 0.3) is 0 Å². The highest BCUT2D eigenvalue weighted by Crippen LogP contribution is 2.40. The van der Waals surface area contributed by atoms with Gasteiger partial charge in [-0.15, -0.1) is 0 Å². The maximum atomic E-state index is 8.87. The van der Waals surface area contributed by atoms with Crippen LogP contribution in [0, 0.1) is 0 Å². The van der Waals surface area contributed by atoms with E-state index in [1.54, 1.807) is 24.7 Å². The van der Waals surface area contributed by atoms with Crippen molar-refractivity contribution in [3.8, 4) is 11.5 Å². The van der Waals surface area contributed by atoms with Crippen LogP contribution in [0.25, 0.3) is 6.08 Å². The lowest BCUT2D eigenvalue weighted by molar-refractivity contribution is -0.189. The largest absolute Gasteiger partial charge is 0.491 e. The summed E-state index contributed by atoms with van der Waals surface area (Å²) in [7, 11) is 2.08. The van der Waals surface area contributed by atoms with E-state index in [9.17, 15) is 0 Å². The summed E-state index contributed by atoms with van der Waals surface area (Å²) >= 11 is 12.7. The maximum Gasteiger partial charge on any atom is 0.215 e. The number of nitrogens with zero attached hydrogens (tertiary/aromatic N) is 3. The first-order chi connectivity index (χ1) is 20.9. The Labute approximate surface area is 262 Å². The molecule has 2 atom stereocenters. The fourth-order valence-corrected chi connectivity index (χ4v) is 5.39. The fourth-order valence-electron chi connectivity index (χ4n) is 4.84. The van der Waals surface area contributed by atoms with Crippen LogP contribution in [-0.2, 0) is 28.4 Å². The molecule has 1 aliphatic rings. The molecule has 0 unspecified atom stereocenters. The van der Waals surface area contributed by atoms with Crippen LogP contribution in [-0.4, -0.2) is 65.7 Å². The molecule has 5 rings (SSSR count). The molecule has 4 aromatic rings. The van der Waals surface area contributed by atoms with Gasteiger partial charge in [-0.2, -0.15) is 0 Å². The van der Waals surface area contributed by atoms with Crippen LogP contribution in [0.2, 0.25) is 10.0 Å². The van der Waals surface area contributed by atoms with Gasteiger partial charge in [-0.25, -0.2) is 4.98 Å². The summed E-state index contributed by atoms with van der Waals surface area (Å²) in [5.41, 5.74) is 2.99. The molecule has 2 heterocycles. The minimum Gasteiger partial charge on any atom is -0.491 e. The Hall–Kier alpha value is -3.37. The topological polar surface area (TPSA) is 78.2 Å². The molecule has 1 aromatic heterocycles. The predicted octanol–water partition coefficient (Wildman–Crippen LogP) is 6.05. The molecular formula is C33H35Cl2N3O5. The van der Waals surface area contributed by atoms with Gasteiger partial charge in [0.1, 0.15) is 30.8 Å². The van der Waals surface area contributed by atoms with Crippen molar-refractivity contribution in [2.24, 2.45) is 0 Å². The number of ether oxygens (including phenoxy) is 4. The van der Waals surface area contributed by atoms with E-state index in [1.807, 2.05) is 53.2 Å². The minimum atomic E-state index is -1.09. The Kier molecular flexibility index (Phi) is 10.8. The van der Waals surface area contributed by atoms with Crippen LogP contribution in [0.1, 0.15) is 16.7 Å². The van der Waals surface area contributed by atoms with E-state index >= 15 is 0 Å². The number of hydrogen-bond acceptors (Lipinski definition) is 7. The number of imidazole rings is 1. The summed E-state index contributed by atoms with van der Waals surface area (Å²) in [5.74, 6) is 0.427. The molecule has 1 aliphatic heterocycles. The molecule has 3 aromatic carbocycles. The molecule has 1 fully saturated rings. The average Bonchev–Trinajstić information content (AvgIpc) is 3.67. The van der Waals surface area contributed by atoms with Crippen LogP contribution in [0.5, 0.6) is 11.5 Å². The number of hydrogen-bond donors (Lipinski definition) is 1. The molecule has 10 heteroatoms. The molecule has 0 radical (unpaired) electrons. The van der Waals surface area contributed by atoms with Gasteiger partial charge in [-0.1, -0.05) is 65.7 Å². The monoisotopic (exact) mass is 623 g/mol. The van der Waals surface area contributed by atoms with Crippen molar-refractivity contribution >= 4 is 29.3 Å². The highest BCUT2D eigenvalue weighted by molar-refractivity contribution is 6.35. The zero-order valence-corrected chi connectivity index (χ0v) is 25.5. The molecule has 1 N–H and O–H groups in total. The van der Waals surface area contributed by atoms with E-state index in [-0.39, 0.29) is 12.7 Å². The summed E-state index contributed by atoms with van der Waals surface area (Å²) in [6, 6.07) is 21.2. The normalized spacial score (nSPS) is 18.5. The lowest BCUT2D eigenvalue weighted by Gasteiger charge is -2.30. The van der Waals surface area contributed by atoms with Gasteiger partial charge in [0.15, 0.2) is 0 Å². The SMILES string of the molecule is CN(CC=Cc1ccc(OCCO)cc1)Cc1ccc(OC[C@H]2CO[C@](Cn3ccnc3)(c3ccc(Cl)cc3Cl)O2)cc1. The van der Waals surface area contributed by atoms with Crippen molar-refractivity contribution in [3.63, 3.8) is 0 Å². The van der Waals surface area contributed by atoms with Gasteiger partial charge in [0, 0.05) is 36.1 Å². The molecule has 8 nitrogen and oxygen atoms in total. The van der Waals surface area contributed by atoms with E-state index in [2.05, 4.69) is 41.2 Å². The number of likely N-dealkylation sites (N-methyl/N-ethyl adjacent to an activating group) is 1. The summed E-state index contributed by atoms with van der Waals surface area (Å²) < 4.78 is 26.1. The van der Waals surface area contributed by atoms with Crippen LogP contribution in [0.15, 0.2) is 91.5 Å². The first-order valence-corrected chi connectivity index (χ1v) is 14.8. The molecule has 0 saturated carbocycles. The van der Waals surface area contributed by atoms with Gasteiger partial charge in [-0.05, 0) is 54.6 Å². The van der Waals surface area contributed by atoms with Crippen molar-refractivity contribution in [2.45, 2.75) is 25.0 Å². The highest BCUT2D eigenvalue weighted by atomic mass is 35.5. The Morgan fingerprint density at radius 1 is 1.07 bits per heavy atom. The number of aromatic nitrogens is 2. The molecule has 0 aliphatic carbocycles. The zero-order valence-electron chi connectivity index (χ0n) is 23.9. The standard InChI is InChI=1S/C33H35Cl2N3O5/c1-37(15-2-3-25-4-9-28(10-5-25)40-18-17-39)20-26-6-11-29(12-7-26)41-21-30-22-42-33(43-30,23-38-16-14-36-24-38)31-13-8-27(34)19-32(31)35/h2-14,16,19,24,30,39H,15,17-18,20-23H2,1H3/t30-,33-/m0/s1. The molecular weight excluding hydrogens is 589 g/mol. The van der Waals surface area contributed by atoms with Crippen molar-refractivity contribution in [1.29, 1.82) is 0 Å². The number of halogens is 2. The van der Waals surface area contributed by atoms with Gasteiger partial charge < -0.3 is 28.6 Å². The van der Waals surface area contributed by atoms with Crippen LogP contribution in [0.4, 0.5) is 0 Å². The Morgan fingerprint density at radius 3 is 2.56 bits per heavy atom. The molecule has 0 bridgehead atoms. The zero-order chi connectivity index (χ0) is 30.1. The summed E-state index contributed by atoms with van der Waals surface area (Å²) in [6.45, 7) is 2.97. The number of aliphatic hydroxyl groups excluding tert-OH is 1. The van der Waals surface area contributed by atoms with Crippen molar-refractivity contribution in [1.82, 2.24) is 14.5 Å². The van der Waals surface area contributed by atoms with Gasteiger partial charge in [-0.3, -0.25) is 4.90 Å².